The fraction of sp³-hybridized carbons (Fsp3) is 0.364. The van der Waals surface area contributed by atoms with E-state index in [1.54, 1.807) is 0 Å². The smallest absolute Gasteiger partial charge is 0.211 e. The summed E-state index contributed by atoms with van der Waals surface area (Å²) in [7, 11) is 0. The highest BCUT2D eigenvalue weighted by atomic mass is 35.5. The molecule has 2 rings (SSSR count). The highest BCUT2D eigenvalue weighted by molar-refractivity contribution is 6.03. The van der Waals surface area contributed by atoms with Gasteiger partial charge in [0.1, 0.15) is 0 Å². The van der Waals surface area contributed by atoms with Crippen molar-refractivity contribution in [3.8, 4) is 0 Å². The van der Waals surface area contributed by atoms with Crippen molar-refractivity contribution >= 4 is 24.1 Å². The molecule has 0 unspecified atom stereocenters. The molecule has 0 aliphatic heterocycles. The van der Waals surface area contributed by atoms with Crippen LogP contribution in [0.1, 0.15) is 29.7 Å². The molecule has 0 aromatic carbocycles. The van der Waals surface area contributed by atoms with Crippen molar-refractivity contribution in [2.45, 2.75) is 26.2 Å². The number of fused-ring (bicyclic) bond motifs is 1. The topological polar surface area (TPSA) is 89.6 Å². The maximum absolute atomic E-state index is 5.27. The van der Waals surface area contributed by atoms with Gasteiger partial charge in [0, 0.05) is 17.5 Å². The summed E-state index contributed by atoms with van der Waals surface area (Å²) in [4.78, 5) is 4.37. The summed E-state index contributed by atoms with van der Waals surface area (Å²) in [5.74, 6) is -0.0128. The van der Waals surface area contributed by atoms with E-state index in [1.807, 2.05) is 12.3 Å². The molecule has 0 fully saturated rings. The van der Waals surface area contributed by atoms with Crippen molar-refractivity contribution in [1.82, 2.24) is 4.98 Å². The first-order valence-electron chi connectivity index (χ1n) is 5.29. The number of hydrogen-bond acceptors (Lipinski definition) is 3. The van der Waals surface area contributed by atoms with Gasteiger partial charge >= 0.3 is 0 Å². The minimum Gasteiger partial charge on any atom is -0.369 e. The van der Waals surface area contributed by atoms with Gasteiger partial charge in [0.2, 0.25) is 5.96 Å². The Morgan fingerprint density at radius 2 is 2.12 bits per heavy atom. The van der Waals surface area contributed by atoms with Crippen molar-refractivity contribution in [1.29, 1.82) is 0 Å². The molecular weight excluding hydrogens is 238 g/mol. The van der Waals surface area contributed by atoms with Crippen molar-refractivity contribution in [3.05, 3.63) is 29.1 Å². The van der Waals surface area contributed by atoms with E-state index in [-0.39, 0.29) is 18.4 Å². The highest BCUT2D eigenvalue weighted by Crippen LogP contribution is 2.22. The number of nitrogens with zero attached hydrogens (tertiary/aromatic N) is 3. The first kappa shape index (κ1) is 13.4. The average molecular weight is 254 g/mol. The number of aryl methyl sites for hydroxylation is 2. The lowest BCUT2D eigenvalue weighted by Crippen LogP contribution is -2.22. The molecule has 0 saturated heterocycles. The van der Waals surface area contributed by atoms with Crippen molar-refractivity contribution < 1.29 is 0 Å². The molecular formula is C11H16ClN5. The zero-order chi connectivity index (χ0) is 11.5. The number of rotatable bonds is 1. The number of hydrogen-bond donors (Lipinski definition) is 2. The van der Waals surface area contributed by atoms with Crippen LogP contribution in [0.25, 0.3) is 0 Å². The van der Waals surface area contributed by atoms with E-state index in [2.05, 4.69) is 22.1 Å². The summed E-state index contributed by atoms with van der Waals surface area (Å²) in [6, 6.07) is 1.98. The quantitative estimate of drug-likeness (QED) is 0.447. The zero-order valence-electron chi connectivity index (χ0n) is 9.68. The highest BCUT2D eigenvalue weighted by Gasteiger charge is 2.18. The lowest BCUT2D eigenvalue weighted by atomic mass is 9.91. The molecule has 0 amide bonds. The average Bonchev–Trinajstić information content (AvgIpc) is 2.26. The molecule has 0 saturated carbocycles. The number of aromatic nitrogens is 1. The lowest BCUT2D eigenvalue weighted by molar-refractivity contribution is 0.802. The van der Waals surface area contributed by atoms with Crippen LogP contribution in [0.15, 0.2) is 22.5 Å². The first-order chi connectivity index (χ1) is 7.68. The van der Waals surface area contributed by atoms with Gasteiger partial charge in [-0.1, -0.05) is 0 Å². The van der Waals surface area contributed by atoms with Crippen LogP contribution in [0, 0.1) is 6.92 Å². The Labute approximate surface area is 106 Å². The van der Waals surface area contributed by atoms with E-state index in [0.29, 0.717) is 0 Å². The number of pyridine rings is 1. The van der Waals surface area contributed by atoms with Crippen LogP contribution >= 0.6 is 12.4 Å². The molecule has 0 atom stereocenters. The minimum atomic E-state index is -0.0128. The van der Waals surface area contributed by atoms with E-state index in [4.69, 9.17) is 11.5 Å². The van der Waals surface area contributed by atoms with Crippen LogP contribution in [0.3, 0.4) is 0 Å². The largest absolute Gasteiger partial charge is 0.369 e. The third-order valence-corrected chi connectivity index (χ3v) is 2.64. The Hall–Kier alpha value is -1.62. The third-order valence-electron chi connectivity index (χ3n) is 2.64. The van der Waals surface area contributed by atoms with Gasteiger partial charge in [-0.05, 0) is 37.8 Å². The summed E-state index contributed by atoms with van der Waals surface area (Å²) in [5.41, 5.74) is 14.9. The molecule has 0 radical (unpaired) electrons. The molecule has 1 aromatic rings. The molecule has 4 N–H and O–H groups in total. The standard InChI is InChI=1S/C11H15N5.ClH/c1-7-5-6-14-8-3-2-4-9(10(7)8)15-16-11(12)13;/h5-6H,2-4H2,1H3,(H4,12,13,16);1H. The van der Waals surface area contributed by atoms with Gasteiger partial charge in [-0.15, -0.1) is 17.5 Å². The fourth-order valence-corrected chi connectivity index (χ4v) is 1.96. The molecule has 17 heavy (non-hydrogen) atoms. The second kappa shape index (κ2) is 5.63. The van der Waals surface area contributed by atoms with Gasteiger partial charge in [0.05, 0.1) is 5.71 Å². The Morgan fingerprint density at radius 1 is 1.35 bits per heavy atom. The normalized spacial score (nSPS) is 15.9. The predicted molar refractivity (Wildman–Crippen MR) is 71.5 cm³/mol. The molecule has 0 bridgehead atoms. The predicted octanol–water partition coefficient (Wildman–Crippen LogP) is 1.13. The van der Waals surface area contributed by atoms with Crippen molar-refractivity contribution in [2.75, 3.05) is 0 Å². The summed E-state index contributed by atoms with van der Waals surface area (Å²) < 4.78 is 0. The molecule has 1 aliphatic carbocycles. The van der Waals surface area contributed by atoms with Crippen molar-refractivity contribution in [2.24, 2.45) is 21.7 Å². The second-order valence-corrected chi connectivity index (χ2v) is 3.87. The second-order valence-electron chi connectivity index (χ2n) is 3.87. The Kier molecular flexibility index (Phi) is 4.45. The molecule has 1 heterocycles. The molecule has 0 spiro atoms. The van der Waals surface area contributed by atoms with Gasteiger partial charge < -0.3 is 11.5 Å². The van der Waals surface area contributed by atoms with Crippen molar-refractivity contribution in [3.63, 3.8) is 0 Å². The Morgan fingerprint density at radius 3 is 2.82 bits per heavy atom. The van der Waals surface area contributed by atoms with E-state index in [9.17, 15) is 0 Å². The van der Waals surface area contributed by atoms with Gasteiger partial charge in [0.25, 0.3) is 0 Å². The summed E-state index contributed by atoms with van der Waals surface area (Å²) in [6.07, 6.45) is 4.77. The van der Waals surface area contributed by atoms with Crippen LogP contribution in [0.4, 0.5) is 0 Å². The van der Waals surface area contributed by atoms with Gasteiger partial charge in [-0.25, -0.2) is 0 Å². The SMILES string of the molecule is Cc1ccnc2c1C(=NN=C(N)N)CCC2.Cl. The van der Waals surface area contributed by atoms with E-state index >= 15 is 0 Å². The first-order valence-corrected chi connectivity index (χ1v) is 5.29. The lowest BCUT2D eigenvalue weighted by Gasteiger charge is -2.17. The molecule has 1 aromatic heterocycles. The molecule has 6 heteroatoms. The maximum Gasteiger partial charge on any atom is 0.211 e. The summed E-state index contributed by atoms with van der Waals surface area (Å²) in [6.45, 7) is 2.05. The van der Waals surface area contributed by atoms with E-state index in [0.717, 1.165) is 36.2 Å². The monoisotopic (exact) mass is 253 g/mol. The Bertz CT molecular complexity index is 463. The van der Waals surface area contributed by atoms with Gasteiger partial charge in [-0.2, -0.15) is 5.10 Å². The summed E-state index contributed by atoms with van der Waals surface area (Å²) in [5, 5.41) is 7.82. The molecule has 1 aliphatic rings. The summed E-state index contributed by atoms with van der Waals surface area (Å²) >= 11 is 0. The van der Waals surface area contributed by atoms with Crippen LogP contribution in [-0.4, -0.2) is 16.7 Å². The van der Waals surface area contributed by atoms with E-state index in [1.165, 1.54) is 5.56 Å². The number of guanidine groups is 1. The van der Waals surface area contributed by atoms with Gasteiger partial charge in [0.15, 0.2) is 0 Å². The molecule has 92 valence electrons. The Balaban J connectivity index is 0.00000144. The van der Waals surface area contributed by atoms with Crippen LogP contribution < -0.4 is 11.5 Å². The maximum atomic E-state index is 5.27. The third kappa shape index (κ3) is 2.94. The minimum absolute atomic E-state index is 0. The zero-order valence-corrected chi connectivity index (χ0v) is 10.5. The van der Waals surface area contributed by atoms with Crippen LogP contribution in [0.2, 0.25) is 0 Å². The number of nitrogens with two attached hydrogens (primary N) is 2. The molecule has 5 nitrogen and oxygen atoms in total. The van der Waals surface area contributed by atoms with Crippen LogP contribution in [-0.2, 0) is 6.42 Å². The van der Waals surface area contributed by atoms with Crippen LogP contribution in [0.5, 0.6) is 0 Å². The van der Waals surface area contributed by atoms with Gasteiger partial charge in [-0.3, -0.25) is 4.98 Å². The number of halogens is 1. The fourth-order valence-electron chi connectivity index (χ4n) is 1.96. The van der Waals surface area contributed by atoms with E-state index < -0.39 is 0 Å².